The summed E-state index contributed by atoms with van der Waals surface area (Å²) in [5, 5.41) is 0. The van der Waals surface area contributed by atoms with Gasteiger partial charge in [0.2, 0.25) is 5.91 Å². The molecule has 0 spiro atoms. The fourth-order valence-electron chi connectivity index (χ4n) is 1.62. The van der Waals surface area contributed by atoms with Crippen LogP contribution >= 0.6 is 0 Å². The number of hydrogen-bond donors (Lipinski definition) is 1. The number of rotatable bonds is 3. The molecule has 0 aliphatic carbocycles. The molecule has 1 unspecified atom stereocenters. The summed E-state index contributed by atoms with van der Waals surface area (Å²) in [6, 6.07) is 2.18. The van der Waals surface area contributed by atoms with E-state index in [4.69, 9.17) is 5.73 Å². The normalized spacial score (nSPS) is 13.2. The molecule has 98 valence electrons. The third-order valence-corrected chi connectivity index (χ3v) is 2.34. The molecule has 0 aliphatic rings. The van der Waals surface area contributed by atoms with E-state index >= 15 is 0 Å². The number of ketones is 1. The van der Waals surface area contributed by atoms with E-state index in [0.717, 1.165) is 19.1 Å². The smallest absolute Gasteiger partial charge is 0.369 e. The van der Waals surface area contributed by atoms with Crippen LogP contribution in [-0.2, 0) is 15.8 Å². The monoisotopic (exact) mass is 263 g/mol. The Morgan fingerprint density at radius 1 is 1.28 bits per heavy atom. The van der Waals surface area contributed by atoms with Crippen molar-refractivity contribution < 1.29 is 27.2 Å². The van der Waals surface area contributed by atoms with Crippen LogP contribution in [0.15, 0.2) is 18.2 Å². The number of halogens is 4. The van der Waals surface area contributed by atoms with Crippen LogP contribution < -0.4 is 5.73 Å². The van der Waals surface area contributed by atoms with E-state index in [1.54, 1.807) is 0 Å². The lowest BCUT2D eigenvalue weighted by Crippen LogP contribution is -2.30. The minimum absolute atomic E-state index is 0.595. The summed E-state index contributed by atoms with van der Waals surface area (Å²) in [6.07, 6.45) is -4.87. The zero-order valence-electron chi connectivity index (χ0n) is 9.22. The Balaban J connectivity index is 3.56. The van der Waals surface area contributed by atoms with Crippen LogP contribution in [0.1, 0.15) is 24.0 Å². The molecule has 1 atom stereocenters. The van der Waals surface area contributed by atoms with Gasteiger partial charge < -0.3 is 5.73 Å². The molecule has 2 N–H and O–H groups in total. The Hall–Kier alpha value is -1.92. The van der Waals surface area contributed by atoms with Gasteiger partial charge in [0.25, 0.3) is 0 Å². The van der Waals surface area contributed by atoms with Gasteiger partial charge in [-0.05, 0) is 19.1 Å². The number of Topliss-reactive ketones (excluding diaryl/α,β-unsaturated/α-hetero) is 1. The van der Waals surface area contributed by atoms with Gasteiger partial charge in [0.05, 0.1) is 5.56 Å². The zero-order valence-corrected chi connectivity index (χ0v) is 9.22. The van der Waals surface area contributed by atoms with Crippen molar-refractivity contribution in [2.75, 3.05) is 0 Å². The van der Waals surface area contributed by atoms with Crippen LogP contribution in [0.5, 0.6) is 0 Å². The molecule has 0 saturated carbocycles. The highest BCUT2D eigenvalue weighted by Crippen LogP contribution is 2.36. The first-order chi connectivity index (χ1) is 8.16. The van der Waals surface area contributed by atoms with Crippen LogP contribution in [0.4, 0.5) is 17.6 Å². The molecule has 0 fully saturated rings. The number of nitrogens with two attached hydrogens (primary N) is 1. The lowest BCUT2D eigenvalue weighted by molar-refractivity contribution is -0.139. The molecule has 0 heterocycles. The van der Waals surface area contributed by atoms with Crippen molar-refractivity contribution in [3.8, 4) is 0 Å². The highest BCUT2D eigenvalue weighted by Gasteiger charge is 2.39. The summed E-state index contributed by atoms with van der Waals surface area (Å²) < 4.78 is 51.5. The predicted octanol–water partition coefficient (Wildman–Crippen LogP) is 2.00. The molecule has 1 aromatic carbocycles. The average molecular weight is 263 g/mol. The van der Waals surface area contributed by atoms with E-state index in [2.05, 4.69) is 0 Å². The Morgan fingerprint density at radius 2 is 1.83 bits per heavy atom. The van der Waals surface area contributed by atoms with Gasteiger partial charge in [-0.3, -0.25) is 9.59 Å². The second kappa shape index (κ2) is 4.75. The highest BCUT2D eigenvalue weighted by atomic mass is 19.4. The van der Waals surface area contributed by atoms with Crippen molar-refractivity contribution in [1.29, 1.82) is 0 Å². The largest absolute Gasteiger partial charge is 0.416 e. The summed E-state index contributed by atoms with van der Waals surface area (Å²) in [7, 11) is 0. The Kier molecular flexibility index (Phi) is 3.73. The number of primary amides is 1. The summed E-state index contributed by atoms with van der Waals surface area (Å²) in [4.78, 5) is 22.2. The zero-order chi connectivity index (χ0) is 14.1. The fraction of sp³-hybridized carbons (Fsp3) is 0.273. The van der Waals surface area contributed by atoms with Crippen LogP contribution in [0.3, 0.4) is 0 Å². The van der Waals surface area contributed by atoms with E-state index in [1.165, 1.54) is 0 Å². The highest BCUT2D eigenvalue weighted by molar-refractivity contribution is 6.05. The summed E-state index contributed by atoms with van der Waals surface area (Å²) in [5.74, 6) is -5.50. The van der Waals surface area contributed by atoms with Crippen molar-refractivity contribution >= 4 is 11.7 Å². The van der Waals surface area contributed by atoms with Gasteiger partial charge in [-0.1, -0.05) is 6.07 Å². The van der Waals surface area contributed by atoms with Gasteiger partial charge in [0.15, 0.2) is 0 Å². The van der Waals surface area contributed by atoms with Gasteiger partial charge in [-0.25, -0.2) is 4.39 Å². The number of carbonyl (C=O) groups is 2. The van der Waals surface area contributed by atoms with Crippen molar-refractivity contribution in [3.63, 3.8) is 0 Å². The first-order valence-electron chi connectivity index (χ1n) is 4.81. The number of amides is 1. The fourth-order valence-corrected chi connectivity index (χ4v) is 1.62. The quantitative estimate of drug-likeness (QED) is 0.669. The first-order valence-corrected chi connectivity index (χ1v) is 4.81. The second-order valence-corrected chi connectivity index (χ2v) is 3.64. The molecule has 1 rings (SSSR count). The lowest BCUT2D eigenvalue weighted by Gasteiger charge is -2.17. The SMILES string of the molecule is CC(=O)C(C(N)=O)c1c(F)cccc1C(F)(F)F. The van der Waals surface area contributed by atoms with E-state index in [-0.39, 0.29) is 0 Å². The van der Waals surface area contributed by atoms with Crippen molar-refractivity contribution in [2.24, 2.45) is 5.73 Å². The molecule has 0 aliphatic heterocycles. The Bertz CT molecular complexity index is 482. The van der Waals surface area contributed by atoms with Crippen molar-refractivity contribution in [1.82, 2.24) is 0 Å². The summed E-state index contributed by atoms with van der Waals surface area (Å²) in [5.41, 5.74) is 2.46. The molecule has 0 saturated heterocycles. The van der Waals surface area contributed by atoms with Gasteiger partial charge >= 0.3 is 6.18 Å². The van der Waals surface area contributed by atoms with Crippen LogP contribution in [0, 0.1) is 5.82 Å². The van der Waals surface area contributed by atoms with Crippen molar-refractivity contribution in [3.05, 3.63) is 35.1 Å². The van der Waals surface area contributed by atoms with E-state index in [1.807, 2.05) is 0 Å². The van der Waals surface area contributed by atoms with E-state index in [0.29, 0.717) is 6.07 Å². The topological polar surface area (TPSA) is 60.2 Å². The van der Waals surface area contributed by atoms with Crippen LogP contribution in [0.25, 0.3) is 0 Å². The molecular formula is C11H9F4NO2. The van der Waals surface area contributed by atoms with Gasteiger partial charge in [0.1, 0.15) is 17.5 Å². The minimum Gasteiger partial charge on any atom is -0.369 e. The van der Waals surface area contributed by atoms with Gasteiger partial charge in [-0.2, -0.15) is 13.2 Å². The number of benzene rings is 1. The first kappa shape index (κ1) is 14.1. The van der Waals surface area contributed by atoms with Gasteiger partial charge in [0, 0.05) is 5.56 Å². The Morgan fingerprint density at radius 3 is 2.22 bits per heavy atom. The second-order valence-electron chi connectivity index (χ2n) is 3.64. The third-order valence-electron chi connectivity index (χ3n) is 2.34. The Labute approximate surface area is 99.6 Å². The molecule has 1 aromatic rings. The molecule has 7 heteroatoms. The molecule has 0 radical (unpaired) electrons. The number of carbonyl (C=O) groups excluding carboxylic acids is 2. The van der Waals surface area contributed by atoms with Gasteiger partial charge in [-0.15, -0.1) is 0 Å². The third kappa shape index (κ3) is 2.66. The van der Waals surface area contributed by atoms with Crippen LogP contribution in [0.2, 0.25) is 0 Å². The maximum Gasteiger partial charge on any atom is 0.416 e. The molecular weight excluding hydrogens is 254 g/mol. The maximum absolute atomic E-state index is 13.5. The molecule has 1 amide bonds. The molecule has 0 aromatic heterocycles. The average Bonchev–Trinajstić information content (AvgIpc) is 2.17. The molecule has 3 nitrogen and oxygen atoms in total. The van der Waals surface area contributed by atoms with Crippen LogP contribution in [-0.4, -0.2) is 11.7 Å². The maximum atomic E-state index is 13.5. The van der Waals surface area contributed by atoms with Crippen molar-refractivity contribution in [2.45, 2.75) is 19.0 Å². The molecule has 0 bridgehead atoms. The summed E-state index contributed by atoms with van der Waals surface area (Å²) >= 11 is 0. The number of alkyl halides is 3. The number of hydrogen-bond acceptors (Lipinski definition) is 2. The lowest BCUT2D eigenvalue weighted by atomic mass is 9.90. The standard InChI is InChI=1S/C11H9F4NO2/c1-5(17)8(10(16)18)9-6(11(13,14)15)3-2-4-7(9)12/h2-4,8H,1H3,(H2,16,18). The minimum atomic E-state index is -4.87. The van der Waals surface area contributed by atoms with E-state index < -0.39 is 40.7 Å². The summed E-state index contributed by atoms with van der Waals surface area (Å²) in [6.45, 7) is 0.877. The predicted molar refractivity (Wildman–Crippen MR) is 54.0 cm³/mol. The molecule has 18 heavy (non-hydrogen) atoms. The van der Waals surface area contributed by atoms with E-state index in [9.17, 15) is 27.2 Å².